The van der Waals surface area contributed by atoms with E-state index >= 15 is 0 Å². The standard InChI is InChI=1S/C23H28N2O3.CH2O2/c1-25-12-10-17(11-13-25)19-8-9-22(21-7-3-2-6-20(19)21)28-16-23(26)24-15-18-5-4-14-27-18;2-1-3/h2-3,6-10,18H,4-5,11-16H2,1H3,(H,24,26);1H,(H,2,3). The molecule has 4 rings (SSSR count). The van der Waals surface area contributed by atoms with E-state index in [4.69, 9.17) is 19.4 Å². The smallest absolute Gasteiger partial charge is 0.290 e. The van der Waals surface area contributed by atoms with Crippen LogP contribution in [0.1, 0.15) is 24.8 Å². The highest BCUT2D eigenvalue weighted by atomic mass is 16.5. The number of hydrogen-bond donors (Lipinski definition) is 2. The second kappa shape index (κ2) is 11.5. The maximum Gasteiger partial charge on any atom is 0.290 e. The van der Waals surface area contributed by atoms with Gasteiger partial charge in [-0.3, -0.25) is 9.59 Å². The highest BCUT2D eigenvalue weighted by Gasteiger charge is 2.17. The van der Waals surface area contributed by atoms with E-state index in [2.05, 4.69) is 47.6 Å². The minimum absolute atomic E-state index is 0.0174. The van der Waals surface area contributed by atoms with Crippen LogP contribution in [-0.4, -0.2) is 68.4 Å². The Bertz CT molecular complexity index is 921. The molecule has 166 valence electrons. The monoisotopic (exact) mass is 426 g/mol. The predicted octanol–water partition coefficient (Wildman–Crippen LogP) is 2.93. The number of fused-ring (bicyclic) bond motifs is 1. The number of nitrogens with zero attached hydrogens (tertiary/aromatic N) is 1. The minimum Gasteiger partial charge on any atom is -0.483 e. The molecular formula is C24H30N2O5. The van der Waals surface area contributed by atoms with Gasteiger partial charge in [0, 0.05) is 31.6 Å². The molecule has 0 saturated carbocycles. The molecule has 2 aliphatic heterocycles. The summed E-state index contributed by atoms with van der Waals surface area (Å²) in [5, 5.41) is 12.0. The van der Waals surface area contributed by atoms with Gasteiger partial charge in [-0.1, -0.05) is 36.4 Å². The van der Waals surface area contributed by atoms with Crippen molar-refractivity contribution < 1.29 is 24.2 Å². The summed E-state index contributed by atoms with van der Waals surface area (Å²) in [6, 6.07) is 12.4. The number of carboxylic acid groups (broad SMARTS) is 1. The van der Waals surface area contributed by atoms with Crippen molar-refractivity contribution in [1.82, 2.24) is 10.2 Å². The van der Waals surface area contributed by atoms with Gasteiger partial charge in [-0.05, 0) is 48.9 Å². The first-order chi connectivity index (χ1) is 15.1. The summed E-state index contributed by atoms with van der Waals surface area (Å²) in [6.07, 6.45) is 5.59. The lowest BCUT2D eigenvalue weighted by Crippen LogP contribution is -2.35. The van der Waals surface area contributed by atoms with Crippen molar-refractivity contribution in [3.05, 3.63) is 48.0 Å². The molecule has 1 fully saturated rings. The van der Waals surface area contributed by atoms with Gasteiger partial charge in [-0.15, -0.1) is 0 Å². The molecule has 7 heteroatoms. The van der Waals surface area contributed by atoms with Crippen molar-refractivity contribution in [2.75, 3.05) is 39.9 Å². The first kappa shape index (κ1) is 22.8. The van der Waals surface area contributed by atoms with E-state index in [1.54, 1.807) is 0 Å². The van der Waals surface area contributed by atoms with Gasteiger partial charge in [0.1, 0.15) is 5.75 Å². The van der Waals surface area contributed by atoms with Crippen LogP contribution in [-0.2, 0) is 14.3 Å². The molecule has 2 aromatic rings. The van der Waals surface area contributed by atoms with Crippen LogP contribution in [0.25, 0.3) is 16.3 Å². The molecule has 2 N–H and O–H groups in total. The highest BCUT2D eigenvalue weighted by molar-refractivity contribution is 5.97. The zero-order valence-electron chi connectivity index (χ0n) is 17.9. The fourth-order valence-corrected chi connectivity index (χ4v) is 3.92. The van der Waals surface area contributed by atoms with Crippen molar-refractivity contribution >= 4 is 28.7 Å². The molecule has 7 nitrogen and oxygen atoms in total. The number of ether oxygens (including phenoxy) is 2. The van der Waals surface area contributed by atoms with Crippen LogP contribution in [0.4, 0.5) is 0 Å². The van der Waals surface area contributed by atoms with E-state index in [0.717, 1.165) is 50.1 Å². The van der Waals surface area contributed by atoms with Gasteiger partial charge in [0.15, 0.2) is 6.61 Å². The Hall–Kier alpha value is -2.90. The van der Waals surface area contributed by atoms with E-state index in [9.17, 15) is 4.79 Å². The topological polar surface area (TPSA) is 88.1 Å². The van der Waals surface area contributed by atoms with Gasteiger partial charge < -0.3 is 24.8 Å². The van der Waals surface area contributed by atoms with Crippen LogP contribution in [0.15, 0.2) is 42.5 Å². The Morgan fingerprint density at radius 1 is 1.29 bits per heavy atom. The van der Waals surface area contributed by atoms with Crippen molar-refractivity contribution in [1.29, 1.82) is 0 Å². The largest absolute Gasteiger partial charge is 0.483 e. The zero-order chi connectivity index (χ0) is 22.1. The molecular weight excluding hydrogens is 396 g/mol. The summed E-state index contributed by atoms with van der Waals surface area (Å²) in [5.74, 6) is 0.641. The Balaban J connectivity index is 0.000000858. The highest BCUT2D eigenvalue weighted by Crippen LogP contribution is 2.34. The van der Waals surface area contributed by atoms with E-state index in [1.165, 1.54) is 16.5 Å². The molecule has 2 aliphatic rings. The number of likely N-dealkylation sites (N-methyl/N-ethyl adjacent to an activating group) is 1. The maximum atomic E-state index is 12.1. The van der Waals surface area contributed by atoms with E-state index in [-0.39, 0.29) is 25.1 Å². The summed E-state index contributed by atoms with van der Waals surface area (Å²) >= 11 is 0. The van der Waals surface area contributed by atoms with Crippen molar-refractivity contribution in [3.8, 4) is 5.75 Å². The van der Waals surface area contributed by atoms with Gasteiger partial charge >= 0.3 is 0 Å². The number of benzene rings is 2. The number of carbonyl (C=O) groups is 2. The average molecular weight is 427 g/mol. The lowest BCUT2D eigenvalue weighted by Gasteiger charge is -2.23. The molecule has 0 aliphatic carbocycles. The van der Waals surface area contributed by atoms with Gasteiger partial charge in [0.25, 0.3) is 12.4 Å². The fourth-order valence-electron chi connectivity index (χ4n) is 3.92. The summed E-state index contributed by atoms with van der Waals surface area (Å²) in [5.41, 5.74) is 2.65. The maximum absolute atomic E-state index is 12.1. The lowest BCUT2D eigenvalue weighted by atomic mass is 9.94. The van der Waals surface area contributed by atoms with Crippen LogP contribution in [0.2, 0.25) is 0 Å². The molecule has 0 bridgehead atoms. The van der Waals surface area contributed by atoms with Crippen molar-refractivity contribution in [2.24, 2.45) is 0 Å². The predicted molar refractivity (Wildman–Crippen MR) is 120 cm³/mol. The summed E-state index contributed by atoms with van der Waals surface area (Å²) < 4.78 is 11.4. The van der Waals surface area contributed by atoms with Gasteiger partial charge in [-0.2, -0.15) is 0 Å². The van der Waals surface area contributed by atoms with Crippen LogP contribution in [0.3, 0.4) is 0 Å². The quantitative estimate of drug-likeness (QED) is 0.691. The fraction of sp³-hybridized carbons (Fsp3) is 0.417. The number of amides is 1. The Labute approximate surface area is 182 Å². The van der Waals surface area contributed by atoms with Crippen LogP contribution in [0.5, 0.6) is 5.75 Å². The third-order valence-corrected chi connectivity index (χ3v) is 5.55. The molecule has 0 aromatic heterocycles. The molecule has 1 amide bonds. The molecule has 1 atom stereocenters. The summed E-state index contributed by atoms with van der Waals surface area (Å²) in [6.45, 7) is 3.17. The van der Waals surface area contributed by atoms with Crippen molar-refractivity contribution in [2.45, 2.75) is 25.4 Å². The second-order valence-electron chi connectivity index (χ2n) is 7.73. The number of carbonyl (C=O) groups excluding carboxylic acids is 1. The van der Waals surface area contributed by atoms with Crippen LogP contribution in [0, 0.1) is 0 Å². The van der Waals surface area contributed by atoms with E-state index in [0.29, 0.717) is 6.54 Å². The molecule has 2 aromatic carbocycles. The van der Waals surface area contributed by atoms with Crippen LogP contribution >= 0.6 is 0 Å². The zero-order valence-corrected chi connectivity index (χ0v) is 17.9. The Kier molecular flexibility index (Phi) is 8.44. The average Bonchev–Trinajstić information content (AvgIpc) is 3.31. The first-order valence-corrected chi connectivity index (χ1v) is 10.6. The molecule has 2 heterocycles. The Morgan fingerprint density at radius 2 is 2.06 bits per heavy atom. The van der Waals surface area contributed by atoms with Gasteiger partial charge in [0.05, 0.1) is 6.10 Å². The molecule has 0 radical (unpaired) electrons. The third-order valence-electron chi connectivity index (χ3n) is 5.55. The summed E-state index contributed by atoms with van der Waals surface area (Å²) in [7, 11) is 2.15. The molecule has 1 saturated heterocycles. The minimum atomic E-state index is -0.250. The lowest BCUT2D eigenvalue weighted by molar-refractivity contribution is -0.124. The van der Waals surface area contributed by atoms with E-state index in [1.807, 2.05) is 12.1 Å². The first-order valence-electron chi connectivity index (χ1n) is 10.6. The number of nitrogens with one attached hydrogen (secondary N) is 1. The van der Waals surface area contributed by atoms with Crippen LogP contribution < -0.4 is 10.1 Å². The van der Waals surface area contributed by atoms with Gasteiger partial charge in [0.2, 0.25) is 0 Å². The van der Waals surface area contributed by atoms with Gasteiger partial charge in [-0.25, -0.2) is 0 Å². The molecule has 31 heavy (non-hydrogen) atoms. The molecule has 0 spiro atoms. The molecule has 1 unspecified atom stereocenters. The number of rotatable bonds is 6. The van der Waals surface area contributed by atoms with E-state index < -0.39 is 0 Å². The normalized spacial score (nSPS) is 18.6. The number of hydrogen-bond acceptors (Lipinski definition) is 5. The second-order valence-corrected chi connectivity index (χ2v) is 7.73. The van der Waals surface area contributed by atoms with Crippen molar-refractivity contribution in [3.63, 3.8) is 0 Å². The summed E-state index contributed by atoms with van der Waals surface area (Å²) in [4.78, 5) is 22.8. The SMILES string of the molecule is CN1CC=C(c2ccc(OCC(=O)NCC3CCCO3)c3ccccc23)CC1.O=CO. The Morgan fingerprint density at radius 3 is 2.74 bits per heavy atom. The third kappa shape index (κ3) is 6.29.